The second kappa shape index (κ2) is 7.29. The number of aliphatic hydroxyl groups is 1. The average Bonchev–Trinajstić information content (AvgIpc) is 2.52. The van der Waals surface area contributed by atoms with E-state index in [1.165, 1.54) is 18.2 Å². The van der Waals surface area contributed by atoms with Crippen LogP contribution in [0.5, 0.6) is 0 Å². The third kappa shape index (κ3) is 4.02. The van der Waals surface area contributed by atoms with Crippen LogP contribution in [0.15, 0.2) is 30.3 Å². The summed E-state index contributed by atoms with van der Waals surface area (Å²) in [5.74, 6) is -4.80. The molecule has 0 fully saturated rings. The molecule has 2 aromatic rings. The summed E-state index contributed by atoms with van der Waals surface area (Å²) in [7, 11) is 0. The molecule has 0 aliphatic rings. The van der Waals surface area contributed by atoms with Crippen LogP contribution in [0.25, 0.3) is 0 Å². The predicted molar refractivity (Wildman–Crippen MR) is 79.1 cm³/mol. The summed E-state index contributed by atoms with van der Waals surface area (Å²) in [6.07, 6.45) is 0. The summed E-state index contributed by atoms with van der Waals surface area (Å²) in [5.41, 5.74) is 0.682. The minimum absolute atomic E-state index is 0.0592. The van der Waals surface area contributed by atoms with Gasteiger partial charge in [0.05, 0.1) is 17.7 Å². The van der Waals surface area contributed by atoms with Gasteiger partial charge in [0.25, 0.3) is 0 Å². The van der Waals surface area contributed by atoms with Gasteiger partial charge in [0.15, 0.2) is 17.5 Å². The molecular weight excluding hydrogens is 334 g/mol. The van der Waals surface area contributed by atoms with Gasteiger partial charge in [-0.25, -0.2) is 17.6 Å². The quantitative estimate of drug-likeness (QED) is 0.625. The van der Waals surface area contributed by atoms with Crippen molar-refractivity contribution in [1.29, 1.82) is 0 Å². The highest BCUT2D eigenvalue weighted by Crippen LogP contribution is 2.25. The van der Waals surface area contributed by atoms with Gasteiger partial charge in [-0.2, -0.15) is 0 Å². The van der Waals surface area contributed by atoms with Crippen LogP contribution in [0.4, 0.5) is 17.6 Å². The van der Waals surface area contributed by atoms with E-state index in [0.29, 0.717) is 5.56 Å². The SMILES string of the molecule is CC(NC(CO)c1cc(F)c(F)c(F)c1)c1ccc(F)c(Cl)c1. The lowest BCUT2D eigenvalue weighted by molar-refractivity contribution is 0.234. The van der Waals surface area contributed by atoms with Gasteiger partial charge >= 0.3 is 0 Å². The zero-order chi connectivity index (χ0) is 17.1. The Kier molecular flexibility index (Phi) is 5.62. The fraction of sp³-hybridized carbons (Fsp3) is 0.250. The summed E-state index contributed by atoms with van der Waals surface area (Å²) in [6, 6.07) is 4.50. The van der Waals surface area contributed by atoms with Crippen molar-refractivity contribution in [2.45, 2.75) is 19.0 Å². The highest BCUT2D eigenvalue weighted by molar-refractivity contribution is 6.30. The maximum atomic E-state index is 13.3. The summed E-state index contributed by atoms with van der Waals surface area (Å²) in [5, 5.41) is 12.3. The van der Waals surface area contributed by atoms with Gasteiger partial charge in [0, 0.05) is 6.04 Å². The lowest BCUT2D eigenvalue weighted by Crippen LogP contribution is -2.27. The first-order valence-corrected chi connectivity index (χ1v) is 7.17. The first-order valence-electron chi connectivity index (χ1n) is 6.79. The average molecular weight is 348 g/mol. The highest BCUT2D eigenvalue weighted by atomic mass is 35.5. The molecule has 0 aliphatic carbocycles. The number of rotatable bonds is 5. The van der Waals surface area contributed by atoms with E-state index in [4.69, 9.17) is 11.6 Å². The van der Waals surface area contributed by atoms with Crippen LogP contribution in [0.2, 0.25) is 5.02 Å². The molecule has 124 valence electrons. The fourth-order valence-corrected chi connectivity index (χ4v) is 2.40. The smallest absolute Gasteiger partial charge is 0.194 e. The lowest BCUT2D eigenvalue weighted by atomic mass is 10.0. The third-order valence-corrected chi connectivity index (χ3v) is 3.78. The van der Waals surface area contributed by atoms with Crippen LogP contribution in [0.3, 0.4) is 0 Å². The van der Waals surface area contributed by atoms with Crippen molar-refractivity contribution in [3.05, 3.63) is 69.8 Å². The van der Waals surface area contributed by atoms with E-state index in [0.717, 1.165) is 12.1 Å². The third-order valence-electron chi connectivity index (χ3n) is 3.49. The zero-order valence-corrected chi connectivity index (χ0v) is 12.8. The molecule has 0 amide bonds. The molecule has 2 aromatic carbocycles. The van der Waals surface area contributed by atoms with Crippen molar-refractivity contribution >= 4 is 11.6 Å². The summed E-state index contributed by atoms with van der Waals surface area (Å²) < 4.78 is 52.8. The molecule has 0 heterocycles. The number of hydrogen-bond acceptors (Lipinski definition) is 2. The van der Waals surface area contributed by atoms with Crippen molar-refractivity contribution in [1.82, 2.24) is 5.32 Å². The molecule has 0 saturated heterocycles. The van der Waals surface area contributed by atoms with Crippen LogP contribution in [0.1, 0.15) is 30.1 Å². The van der Waals surface area contributed by atoms with Crippen molar-refractivity contribution in [3.63, 3.8) is 0 Å². The van der Waals surface area contributed by atoms with Crippen LogP contribution in [-0.4, -0.2) is 11.7 Å². The Bertz CT molecular complexity index is 687. The van der Waals surface area contributed by atoms with Crippen LogP contribution in [-0.2, 0) is 0 Å². The minimum Gasteiger partial charge on any atom is -0.394 e. The van der Waals surface area contributed by atoms with Crippen molar-refractivity contribution in [2.75, 3.05) is 6.61 Å². The Balaban J connectivity index is 2.23. The van der Waals surface area contributed by atoms with Gasteiger partial charge in [0.1, 0.15) is 5.82 Å². The predicted octanol–water partition coefficient (Wildman–Crippen LogP) is 4.28. The van der Waals surface area contributed by atoms with E-state index in [1.54, 1.807) is 6.92 Å². The van der Waals surface area contributed by atoms with Gasteiger partial charge in [-0.1, -0.05) is 17.7 Å². The Labute approximate surface area is 135 Å². The van der Waals surface area contributed by atoms with Crippen LogP contribution in [0, 0.1) is 23.3 Å². The standard InChI is InChI=1S/C16H14ClF4NO/c1-8(9-2-3-12(18)11(17)4-9)22-15(7-23)10-5-13(19)16(21)14(20)6-10/h2-6,8,15,22-23H,7H2,1H3. The van der Waals surface area contributed by atoms with Gasteiger partial charge < -0.3 is 10.4 Å². The number of aliphatic hydroxyl groups excluding tert-OH is 1. The molecule has 0 aliphatic heterocycles. The number of hydrogen-bond donors (Lipinski definition) is 2. The van der Waals surface area contributed by atoms with E-state index in [-0.39, 0.29) is 10.6 Å². The largest absolute Gasteiger partial charge is 0.394 e. The van der Waals surface area contributed by atoms with Crippen LogP contribution >= 0.6 is 11.6 Å². The molecular formula is C16H14ClF4NO. The lowest BCUT2D eigenvalue weighted by Gasteiger charge is -2.23. The zero-order valence-electron chi connectivity index (χ0n) is 12.1. The Hall–Kier alpha value is -1.63. The molecule has 2 rings (SSSR count). The minimum atomic E-state index is -1.57. The second-order valence-corrected chi connectivity index (χ2v) is 5.50. The second-order valence-electron chi connectivity index (χ2n) is 5.10. The Morgan fingerprint density at radius 2 is 1.61 bits per heavy atom. The molecule has 7 heteroatoms. The fourth-order valence-electron chi connectivity index (χ4n) is 2.21. The summed E-state index contributed by atoms with van der Waals surface area (Å²) >= 11 is 5.71. The number of halogens is 5. The normalized spacial score (nSPS) is 13.9. The summed E-state index contributed by atoms with van der Waals surface area (Å²) in [6.45, 7) is 1.24. The highest BCUT2D eigenvalue weighted by Gasteiger charge is 2.19. The molecule has 0 bridgehead atoms. The van der Waals surface area contributed by atoms with Crippen molar-refractivity contribution in [2.24, 2.45) is 0 Å². The van der Waals surface area contributed by atoms with E-state index < -0.39 is 42.0 Å². The first-order chi connectivity index (χ1) is 10.8. The van der Waals surface area contributed by atoms with E-state index >= 15 is 0 Å². The molecule has 2 unspecified atom stereocenters. The van der Waals surface area contributed by atoms with Gasteiger partial charge in [-0.05, 0) is 42.3 Å². The van der Waals surface area contributed by atoms with Crippen LogP contribution < -0.4 is 5.32 Å². The van der Waals surface area contributed by atoms with E-state index in [1.807, 2.05) is 0 Å². The molecule has 0 spiro atoms. The number of benzene rings is 2. The van der Waals surface area contributed by atoms with E-state index in [2.05, 4.69) is 5.32 Å². The molecule has 0 aromatic heterocycles. The summed E-state index contributed by atoms with van der Waals surface area (Å²) in [4.78, 5) is 0. The molecule has 0 saturated carbocycles. The molecule has 2 atom stereocenters. The molecule has 2 nitrogen and oxygen atoms in total. The van der Waals surface area contributed by atoms with Gasteiger partial charge in [-0.3, -0.25) is 0 Å². The topological polar surface area (TPSA) is 32.3 Å². The maximum Gasteiger partial charge on any atom is 0.194 e. The number of nitrogens with one attached hydrogen (secondary N) is 1. The monoisotopic (exact) mass is 347 g/mol. The van der Waals surface area contributed by atoms with Gasteiger partial charge in [-0.15, -0.1) is 0 Å². The molecule has 23 heavy (non-hydrogen) atoms. The van der Waals surface area contributed by atoms with Crippen molar-refractivity contribution < 1.29 is 22.7 Å². The first kappa shape index (κ1) is 17.7. The Morgan fingerprint density at radius 3 is 2.13 bits per heavy atom. The Morgan fingerprint density at radius 1 is 1.00 bits per heavy atom. The van der Waals surface area contributed by atoms with E-state index in [9.17, 15) is 22.7 Å². The van der Waals surface area contributed by atoms with Gasteiger partial charge in [0.2, 0.25) is 0 Å². The molecule has 2 N–H and O–H groups in total. The molecule has 0 radical (unpaired) electrons. The maximum absolute atomic E-state index is 13.3. The van der Waals surface area contributed by atoms with Crippen molar-refractivity contribution in [3.8, 4) is 0 Å².